The molecule has 0 radical (unpaired) electrons. The third kappa shape index (κ3) is 11.0. The fourth-order valence-electron chi connectivity index (χ4n) is 1.10. The largest absolute Gasteiger partial charge is 0.329 e. The normalized spacial score (nSPS) is 12.5. The SMILES string of the molecule is C=C.CC.CC1CCC1.Cc1ccc(=O)[nH]c1. The van der Waals surface area contributed by atoms with E-state index in [1.54, 1.807) is 12.3 Å². The van der Waals surface area contributed by atoms with Crippen LogP contribution in [0.1, 0.15) is 45.6 Å². The van der Waals surface area contributed by atoms with Gasteiger partial charge in [0.15, 0.2) is 0 Å². The molecule has 1 aromatic heterocycles. The van der Waals surface area contributed by atoms with Crippen molar-refractivity contribution in [3.63, 3.8) is 0 Å². The van der Waals surface area contributed by atoms with Crippen LogP contribution in [0.5, 0.6) is 0 Å². The van der Waals surface area contributed by atoms with Gasteiger partial charge in [-0.05, 0) is 18.4 Å². The molecular weight excluding hydrogens is 210 g/mol. The van der Waals surface area contributed by atoms with Crippen molar-refractivity contribution in [2.75, 3.05) is 0 Å². The molecular formula is C15H27NO. The number of aromatic nitrogens is 1. The van der Waals surface area contributed by atoms with Gasteiger partial charge in [-0.2, -0.15) is 0 Å². The molecule has 1 N–H and O–H groups in total. The van der Waals surface area contributed by atoms with Gasteiger partial charge in [0.2, 0.25) is 5.56 Å². The Morgan fingerprint density at radius 1 is 1.24 bits per heavy atom. The van der Waals surface area contributed by atoms with Crippen LogP contribution in [-0.2, 0) is 0 Å². The van der Waals surface area contributed by atoms with E-state index in [1.165, 1.54) is 25.3 Å². The second kappa shape index (κ2) is 12.8. The average Bonchev–Trinajstić information content (AvgIpc) is 2.36. The second-order valence-corrected chi connectivity index (χ2v) is 3.77. The molecule has 1 aliphatic rings. The number of H-pyrrole nitrogens is 1. The first-order valence-electron chi connectivity index (χ1n) is 6.34. The third-order valence-electron chi connectivity index (χ3n) is 2.33. The molecule has 2 nitrogen and oxygen atoms in total. The maximum Gasteiger partial charge on any atom is 0.247 e. The van der Waals surface area contributed by atoms with Crippen LogP contribution in [-0.4, -0.2) is 4.98 Å². The van der Waals surface area contributed by atoms with E-state index in [1.807, 2.05) is 20.8 Å². The highest BCUT2D eigenvalue weighted by Crippen LogP contribution is 2.24. The number of aryl methyl sites for hydroxylation is 1. The predicted octanol–water partition coefficient (Wildman–Crippen LogP) is 4.32. The molecule has 17 heavy (non-hydrogen) atoms. The molecule has 1 heterocycles. The van der Waals surface area contributed by atoms with E-state index >= 15 is 0 Å². The van der Waals surface area contributed by atoms with Crippen molar-refractivity contribution in [3.8, 4) is 0 Å². The zero-order valence-electron chi connectivity index (χ0n) is 11.8. The predicted molar refractivity (Wildman–Crippen MR) is 77.4 cm³/mol. The van der Waals surface area contributed by atoms with Crippen LogP contribution in [0, 0.1) is 12.8 Å². The lowest BCUT2D eigenvalue weighted by Gasteiger charge is -2.18. The van der Waals surface area contributed by atoms with Crippen molar-refractivity contribution in [1.29, 1.82) is 0 Å². The summed E-state index contributed by atoms with van der Waals surface area (Å²) in [4.78, 5) is 12.9. The van der Waals surface area contributed by atoms with Crippen molar-refractivity contribution in [1.82, 2.24) is 4.98 Å². The number of rotatable bonds is 0. The Balaban J connectivity index is 0. The van der Waals surface area contributed by atoms with E-state index < -0.39 is 0 Å². The van der Waals surface area contributed by atoms with Gasteiger partial charge < -0.3 is 4.98 Å². The van der Waals surface area contributed by atoms with Crippen LogP contribution >= 0.6 is 0 Å². The molecule has 0 spiro atoms. The van der Waals surface area contributed by atoms with Crippen LogP contribution < -0.4 is 5.56 Å². The van der Waals surface area contributed by atoms with Crippen LogP contribution in [0.25, 0.3) is 0 Å². The van der Waals surface area contributed by atoms with Gasteiger partial charge in [-0.3, -0.25) is 4.79 Å². The highest BCUT2D eigenvalue weighted by atomic mass is 16.1. The molecule has 1 fully saturated rings. The second-order valence-electron chi connectivity index (χ2n) is 3.77. The summed E-state index contributed by atoms with van der Waals surface area (Å²) in [5, 5.41) is 0. The number of nitrogens with one attached hydrogen (secondary N) is 1. The minimum absolute atomic E-state index is 0.0457. The van der Waals surface area contributed by atoms with E-state index in [0.29, 0.717) is 0 Å². The highest BCUT2D eigenvalue weighted by molar-refractivity contribution is 5.04. The van der Waals surface area contributed by atoms with E-state index in [9.17, 15) is 4.79 Å². The summed E-state index contributed by atoms with van der Waals surface area (Å²) >= 11 is 0. The van der Waals surface area contributed by atoms with E-state index in [4.69, 9.17) is 0 Å². The fraction of sp³-hybridized carbons (Fsp3) is 0.533. The summed E-state index contributed by atoms with van der Waals surface area (Å²) in [6, 6.07) is 3.29. The summed E-state index contributed by atoms with van der Waals surface area (Å²) in [6.07, 6.45) is 6.14. The Kier molecular flexibility index (Phi) is 13.6. The molecule has 2 rings (SSSR count). The maximum absolute atomic E-state index is 10.4. The van der Waals surface area contributed by atoms with Gasteiger partial charge in [-0.15, -0.1) is 13.2 Å². The molecule has 1 saturated carbocycles. The lowest BCUT2D eigenvalue weighted by Crippen LogP contribution is -2.04. The van der Waals surface area contributed by atoms with Crippen LogP contribution in [0.3, 0.4) is 0 Å². The first-order chi connectivity index (χ1) is 8.18. The van der Waals surface area contributed by atoms with E-state index in [2.05, 4.69) is 25.1 Å². The fourth-order valence-corrected chi connectivity index (χ4v) is 1.10. The van der Waals surface area contributed by atoms with Crippen molar-refractivity contribution in [2.24, 2.45) is 5.92 Å². The van der Waals surface area contributed by atoms with Gasteiger partial charge in [-0.25, -0.2) is 0 Å². The molecule has 0 aliphatic heterocycles. The lowest BCUT2D eigenvalue weighted by atomic mass is 9.88. The van der Waals surface area contributed by atoms with Gasteiger partial charge in [0.1, 0.15) is 0 Å². The topological polar surface area (TPSA) is 32.9 Å². The Labute approximate surface area is 106 Å². The van der Waals surface area contributed by atoms with Gasteiger partial charge in [0, 0.05) is 12.3 Å². The number of pyridine rings is 1. The van der Waals surface area contributed by atoms with Crippen molar-refractivity contribution in [3.05, 3.63) is 47.4 Å². The summed E-state index contributed by atoms with van der Waals surface area (Å²) in [5.41, 5.74) is 1.03. The third-order valence-corrected chi connectivity index (χ3v) is 2.33. The Hall–Kier alpha value is -1.31. The summed E-state index contributed by atoms with van der Waals surface area (Å²) in [7, 11) is 0. The molecule has 0 saturated heterocycles. The molecule has 0 aromatic carbocycles. The average molecular weight is 237 g/mol. The molecule has 1 aromatic rings. The molecule has 0 amide bonds. The first-order valence-corrected chi connectivity index (χ1v) is 6.34. The van der Waals surface area contributed by atoms with E-state index in [-0.39, 0.29) is 5.56 Å². The standard InChI is InChI=1S/C6H7NO.C5H10.C2H6.C2H4/c1-5-2-3-6(8)7-4-5;1-5-3-2-4-5;2*1-2/h2-4H,1H3,(H,7,8);5H,2-4H2,1H3;1-2H3;1-2H2. The summed E-state index contributed by atoms with van der Waals surface area (Å²) < 4.78 is 0. The van der Waals surface area contributed by atoms with Gasteiger partial charge >= 0.3 is 0 Å². The van der Waals surface area contributed by atoms with Gasteiger partial charge in [0.05, 0.1) is 0 Å². The number of hydrogen-bond acceptors (Lipinski definition) is 1. The number of aromatic amines is 1. The number of hydrogen-bond donors (Lipinski definition) is 1. The van der Waals surface area contributed by atoms with Crippen LogP contribution in [0.15, 0.2) is 36.3 Å². The Bertz CT molecular complexity index is 292. The molecule has 1 aliphatic carbocycles. The smallest absolute Gasteiger partial charge is 0.247 e. The van der Waals surface area contributed by atoms with Crippen molar-refractivity contribution < 1.29 is 0 Å². The van der Waals surface area contributed by atoms with Gasteiger partial charge in [0.25, 0.3) is 0 Å². The highest BCUT2D eigenvalue weighted by Gasteiger charge is 2.09. The van der Waals surface area contributed by atoms with Crippen molar-refractivity contribution >= 4 is 0 Å². The Morgan fingerprint density at radius 2 is 1.71 bits per heavy atom. The zero-order chi connectivity index (χ0) is 13.7. The van der Waals surface area contributed by atoms with Crippen LogP contribution in [0.2, 0.25) is 0 Å². The van der Waals surface area contributed by atoms with Crippen LogP contribution in [0.4, 0.5) is 0 Å². The molecule has 0 unspecified atom stereocenters. The molecule has 2 heteroatoms. The lowest BCUT2D eigenvalue weighted by molar-refractivity contribution is 0.346. The molecule has 98 valence electrons. The zero-order valence-corrected chi connectivity index (χ0v) is 11.8. The summed E-state index contributed by atoms with van der Waals surface area (Å²) in [6.45, 7) is 14.2. The minimum atomic E-state index is -0.0457. The molecule has 0 bridgehead atoms. The quantitative estimate of drug-likeness (QED) is 0.670. The first kappa shape index (κ1) is 18.1. The minimum Gasteiger partial charge on any atom is -0.329 e. The monoisotopic (exact) mass is 237 g/mol. The maximum atomic E-state index is 10.4. The summed E-state index contributed by atoms with van der Waals surface area (Å²) in [5.74, 6) is 1.06. The van der Waals surface area contributed by atoms with Gasteiger partial charge in [-0.1, -0.05) is 46.1 Å². The molecule has 0 atom stereocenters. The van der Waals surface area contributed by atoms with Crippen molar-refractivity contribution in [2.45, 2.75) is 47.0 Å². The Morgan fingerprint density at radius 3 is 1.88 bits per heavy atom. The van der Waals surface area contributed by atoms with E-state index in [0.717, 1.165) is 11.5 Å².